The van der Waals surface area contributed by atoms with Crippen molar-refractivity contribution < 1.29 is 23.5 Å². The second-order valence-corrected chi connectivity index (χ2v) is 4.87. The normalized spacial score (nSPS) is 16.2. The SMILES string of the molecule is O=C(O)C1CCN(C(=O)Cc2c(F)cccc2F)CC1. The largest absolute Gasteiger partial charge is 0.481 e. The van der Waals surface area contributed by atoms with Crippen LogP contribution in [0.1, 0.15) is 18.4 Å². The molecule has 0 aliphatic carbocycles. The number of carbonyl (C=O) groups is 2. The van der Waals surface area contributed by atoms with E-state index >= 15 is 0 Å². The average Bonchev–Trinajstić information content (AvgIpc) is 2.43. The highest BCUT2D eigenvalue weighted by atomic mass is 19.1. The van der Waals surface area contributed by atoms with Gasteiger partial charge < -0.3 is 10.0 Å². The van der Waals surface area contributed by atoms with Gasteiger partial charge in [0, 0.05) is 18.7 Å². The van der Waals surface area contributed by atoms with Crippen LogP contribution in [0.3, 0.4) is 0 Å². The van der Waals surface area contributed by atoms with Gasteiger partial charge in [-0.1, -0.05) is 6.07 Å². The van der Waals surface area contributed by atoms with Crippen molar-refractivity contribution in [3.63, 3.8) is 0 Å². The van der Waals surface area contributed by atoms with Crippen LogP contribution in [0, 0.1) is 17.6 Å². The van der Waals surface area contributed by atoms with Gasteiger partial charge in [0.05, 0.1) is 12.3 Å². The van der Waals surface area contributed by atoms with Gasteiger partial charge in [0.1, 0.15) is 11.6 Å². The van der Waals surface area contributed by atoms with Gasteiger partial charge >= 0.3 is 5.97 Å². The fourth-order valence-corrected chi connectivity index (χ4v) is 2.34. The van der Waals surface area contributed by atoms with Gasteiger partial charge in [-0.25, -0.2) is 8.78 Å². The molecule has 0 radical (unpaired) electrons. The van der Waals surface area contributed by atoms with Crippen LogP contribution in [0.15, 0.2) is 18.2 Å². The van der Waals surface area contributed by atoms with Gasteiger partial charge in [-0.15, -0.1) is 0 Å². The van der Waals surface area contributed by atoms with Crippen LogP contribution < -0.4 is 0 Å². The predicted octanol–water partition coefficient (Wildman–Crippen LogP) is 1.83. The van der Waals surface area contributed by atoms with Gasteiger partial charge in [0.25, 0.3) is 0 Å². The maximum absolute atomic E-state index is 13.5. The highest BCUT2D eigenvalue weighted by molar-refractivity contribution is 5.79. The third-order valence-electron chi connectivity index (χ3n) is 3.59. The summed E-state index contributed by atoms with van der Waals surface area (Å²) in [6, 6.07) is 3.47. The van der Waals surface area contributed by atoms with Crippen molar-refractivity contribution in [3.8, 4) is 0 Å². The van der Waals surface area contributed by atoms with E-state index in [1.807, 2.05) is 0 Å². The molecule has 1 amide bonds. The molecule has 0 atom stereocenters. The molecule has 20 heavy (non-hydrogen) atoms. The minimum Gasteiger partial charge on any atom is -0.481 e. The molecular weight excluding hydrogens is 268 g/mol. The Kier molecular flexibility index (Phi) is 4.32. The van der Waals surface area contributed by atoms with Crippen molar-refractivity contribution >= 4 is 11.9 Å². The van der Waals surface area contributed by atoms with Crippen molar-refractivity contribution in [2.75, 3.05) is 13.1 Å². The number of rotatable bonds is 3. The summed E-state index contributed by atoms with van der Waals surface area (Å²) in [7, 11) is 0. The van der Waals surface area contributed by atoms with Crippen LogP contribution in [0.25, 0.3) is 0 Å². The zero-order valence-corrected chi connectivity index (χ0v) is 10.8. The summed E-state index contributed by atoms with van der Waals surface area (Å²) in [5.41, 5.74) is -0.238. The molecule has 0 bridgehead atoms. The number of piperidine rings is 1. The van der Waals surface area contributed by atoms with E-state index < -0.39 is 23.5 Å². The molecule has 1 aromatic rings. The van der Waals surface area contributed by atoms with Gasteiger partial charge in [0.15, 0.2) is 0 Å². The van der Waals surface area contributed by atoms with Gasteiger partial charge in [-0.2, -0.15) is 0 Å². The van der Waals surface area contributed by atoms with E-state index in [0.717, 1.165) is 12.1 Å². The van der Waals surface area contributed by atoms with Crippen LogP contribution in [0.5, 0.6) is 0 Å². The van der Waals surface area contributed by atoms with Crippen LogP contribution in [-0.4, -0.2) is 35.0 Å². The summed E-state index contributed by atoms with van der Waals surface area (Å²) >= 11 is 0. The van der Waals surface area contributed by atoms with Crippen molar-refractivity contribution in [3.05, 3.63) is 35.4 Å². The molecular formula is C14H15F2NO3. The number of amides is 1. The number of carbonyl (C=O) groups excluding carboxylic acids is 1. The fourth-order valence-electron chi connectivity index (χ4n) is 2.34. The first-order valence-corrected chi connectivity index (χ1v) is 6.42. The maximum Gasteiger partial charge on any atom is 0.306 e. The van der Waals surface area contributed by atoms with Crippen molar-refractivity contribution in [1.29, 1.82) is 0 Å². The molecule has 108 valence electrons. The Morgan fingerprint density at radius 1 is 1.20 bits per heavy atom. The lowest BCUT2D eigenvalue weighted by atomic mass is 9.96. The lowest BCUT2D eigenvalue weighted by Gasteiger charge is -2.30. The second kappa shape index (κ2) is 5.98. The predicted molar refractivity (Wildman–Crippen MR) is 67.0 cm³/mol. The minimum atomic E-state index is -0.864. The smallest absolute Gasteiger partial charge is 0.306 e. The third-order valence-corrected chi connectivity index (χ3v) is 3.59. The Hall–Kier alpha value is -1.98. The number of carboxylic acids is 1. The standard InChI is InChI=1S/C14H15F2NO3/c15-11-2-1-3-12(16)10(11)8-13(18)17-6-4-9(5-7-17)14(19)20/h1-3,9H,4-8H2,(H,19,20). The first kappa shape index (κ1) is 14.4. The van der Waals surface area contributed by atoms with E-state index in [-0.39, 0.29) is 17.9 Å². The Bertz CT molecular complexity index is 505. The molecule has 1 aromatic carbocycles. The zero-order valence-electron chi connectivity index (χ0n) is 10.8. The number of hydrogen-bond donors (Lipinski definition) is 1. The van der Waals surface area contributed by atoms with Crippen molar-refractivity contribution in [2.24, 2.45) is 5.92 Å². The summed E-state index contributed by atoms with van der Waals surface area (Å²) in [5.74, 6) is -3.16. The Morgan fingerprint density at radius 3 is 2.25 bits per heavy atom. The van der Waals surface area contributed by atoms with E-state index in [0.29, 0.717) is 25.9 Å². The Morgan fingerprint density at radius 2 is 1.75 bits per heavy atom. The van der Waals surface area contributed by atoms with Gasteiger partial charge in [0.2, 0.25) is 5.91 Å². The Labute approximate surface area is 115 Å². The molecule has 4 nitrogen and oxygen atoms in total. The topological polar surface area (TPSA) is 57.6 Å². The Balaban J connectivity index is 1.98. The molecule has 1 aliphatic heterocycles. The van der Waals surface area contributed by atoms with Crippen LogP contribution >= 0.6 is 0 Å². The van der Waals surface area contributed by atoms with Crippen LogP contribution in [0.2, 0.25) is 0 Å². The molecule has 0 saturated carbocycles. The van der Waals surface area contributed by atoms with Gasteiger partial charge in [-0.05, 0) is 25.0 Å². The first-order chi connectivity index (χ1) is 9.49. The minimum absolute atomic E-state index is 0.238. The van der Waals surface area contributed by atoms with Crippen molar-refractivity contribution in [2.45, 2.75) is 19.3 Å². The number of carboxylic acid groups (broad SMARTS) is 1. The number of nitrogens with zero attached hydrogens (tertiary/aromatic N) is 1. The van der Waals surface area contributed by atoms with Crippen LogP contribution in [0.4, 0.5) is 8.78 Å². The van der Waals surface area contributed by atoms with Gasteiger partial charge in [-0.3, -0.25) is 9.59 Å². The number of hydrogen-bond acceptors (Lipinski definition) is 2. The summed E-state index contributed by atoms with van der Waals surface area (Å²) in [5, 5.41) is 8.87. The quantitative estimate of drug-likeness (QED) is 0.920. The molecule has 1 aliphatic rings. The second-order valence-electron chi connectivity index (χ2n) is 4.87. The lowest BCUT2D eigenvalue weighted by molar-refractivity contribution is -0.145. The molecule has 1 heterocycles. The summed E-state index contributed by atoms with van der Waals surface area (Å²) in [4.78, 5) is 24.3. The molecule has 0 unspecified atom stereocenters. The molecule has 1 N–H and O–H groups in total. The maximum atomic E-state index is 13.5. The van der Waals surface area contributed by atoms with E-state index in [1.54, 1.807) is 0 Å². The molecule has 1 saturated heterocycles. The van der Waals surface area contributed by atoms with E-state index in [9.17, 15) is 18.4 Å². The monoisotopic (exact) mass is 283 g/mol. The highest BCUT2D eigenvalue weighted by Gasteiger charge is 2.27. The average molecular weight is 283 g/mol. The fraction of sp³-hybridized carbons (Fsp3) is 0.429. The summed E-state index contributed by atoms with van der Waals surface area (Å²) in [6.07, 6.45) is 0.415. The summed E-state index contributed by atoms with van der Waals surface area (Å²) < 4.78 is 26.9. The molecule has 2 rings (SSSR count). The number of aliphatic carboxylic acids is 1. The summed E-state index contributed by atoms with van der Waals surface area (Å²) in [6.45, 7) is 0.623. The van der Waals surface area contributed by atoms with E-state index in [1.165, 1.54) is 11.0 Å². The van der Waals surface area contributed by atoms with E-state index in [2.05, 4.69) is 0 Å². The third kappa shape index (κ3) is 3.12. The molecule has 0 spiro atoms. The molecule has 6 heteroatoms. The molecule has 1 fully saturated rings. The first-order valence-electron chi connectivity index (χ1n) is 6.42. The van der Waals surface area contributed by atoms with E-state index in [4.69, 9.17) is 5.11 Å². The lowest BCUT2D eigenvalue weighted by Crippen LogP contribution is -2.41. The molecule has 0 aromatic heterocycles. The highest BCUT2D eigenvalue weighted by Crippen LogP contribution is 2.19. The van der Waals surface area contributed by atoms with Crippen LogP contribution in [-0.2, 0) is 16.0 Å². The van der Waals surface area contributed by atoms with Crippen molar-refractivity contribution in [1.82, 2.24) is 4.90 Å². The zero-order chi connectivity index (χ0) is 14.7. The number of benzene rings is 1. The number of likely N-dealkylation sites (tertiary alicyclic amines) is 1. The number of halogens is 2.